The van der Waals surface area contributed by atoms with Gasteiger partial charge in [0.05, 0.1) is 23.1 Å². The zero-order valence-electron chi connectivity index (χ0n) is 14.3. The van der Waals surface area contributed by atoms with E-state index in [0.29, 0.717) is 17.1 Å². The van der Waals surface area contributed by atoms with Crippen molar-refractivity contribution < 1.29 is 4.79 Å². The van der Waals surface area contributed by atoms with Crippen LogP contribution in [0.25, 0.3) is 16.9 Å². The number of benzene rings is 2. The second-order valence-corrected chi connectivity index (χ2v) is 6.44. The molecular weight excluding hydrogens is 362 g/mol. The van der Waals surface area contributed by atoms with E-state index in [0.717, 1.165) is 22.5 Å². The largest absolute Gasteiger partial charge is 0.348 e. The van der Waals surface area contributed by atoms with Crippen molar-refractivity contribution >= 4 is 17.5 Å². The summed E-state index contributed by atoms with van der Waals surface area (Å²) in [5.41, 5.74) is 4.30. The molecule has 6 nitrogen and oxygen atoms in total. The molecular formula is C20H16ClN5O. The van der Waals surface area contributed by atoms with Crippen LogP contribution in [-0.4, -0.2) is 25.9 Å². The summed E-state index contributed by atoms with van der Waals surface area (Å²) in [6, 6.07) is 17.1. The second kappa shape index (κ2) is 7.47. The minimum Gasteiger partial charge on any atom is -0.348 e. The number of rotatable bonds is 5. The van der Waals surface area contributed by atoms with Gasteiger partial charge in [0.1, 0.15) is 0 Å². The summed E-state index contributed by atoms with van der Waals surface area (Å²) in [7, 11) is 0. The molecule has 0 aliphatic rings. The summed E-state index contributed by atoms with van der Waals surface area (Å²) < 4.78 is 1.62. The first-order valence-electron chi connectivity index (χ1n) is 8.36. The summed E-state index contributed by atoms with van der Waals surface area (Å²) >= 11 is 6.00. The van der Waals surface area contributed by atoms with Crippen LogP contribution in [0.5, 0.6) is 0 Å². The molecule has 0 spiro atoms. The lowest BCUT2D eigenvalue weighted by Gasteiger charge is -2.05. The van der Waals surface area contributed by atoms with Crippen molar-refractivity contribution in [1.82, 2.24) is 25.3 Å². The first-order chi connectivity index (χ1) is 13.2. The smallest absolute Gasteiger partial charge is 0.254 e. The molecule has 2 aromatic heterocycles. The van der Waals surface area contributed by atoms with Gasteiger partial charge in [-0.05, 0) is 35.4 Å². The van der Waals surface area contributed by atoms with E-state index in [1.165, 1.54) is 6.20 Å². The first-order valence-corrected chi connectivity index (χ1v) is 8.74. The van der Waals surface area contributed by atoms with Crippen LogP contribution in [0.2, 0.25) is 5.02 Å². The van der Waals surface area contributed by atoms with Crippen LogP contribution < -0.4 is 5.32 Å². The fourth-order valence-corrected chi connectivity index (χ4v) is 2.89. The average molecular weight is 378 g/mol. The van der Waals surface area contributed by atoms with Crippen LogP contribution in [-0.2, 0) is 6.54 Å². The number of hydrogen-bond acceptors (Lipinski definition) is 3. The van der Waals surface area contributed by atoms with Gasteiger partial charge in [-0.25, -0.2) is 4.68 Å². The zero-order valence-corrected chi connectivity index (χ0v) is 15.0. The molecule has 2 aromatic carbocycles. The van der Waals surface area contributed by atoms with Gasteiger partial charge >= 0.3 is 0 Å². The third kappa shape index (κ3) is 3.91. The van der Waals surface area contributed by atoms with Crippen LogP contribution >= 0.6 is 11.6 Å². The Morgan fingerprint density at radius 3 is 2.74 bits per heavy atom. The Morgan fingerprint density at radius 2 is 2.00 bits per heavy atom. The summed E-state index contributed by atoms with van der Waals surface area (Å²) in [4.78, 5) is 12.4. The average Bonchev–Trinajstić information content (AvgIpc) is 3.38. The van der Waals surface area contributed by atoms with Crippen molar-refractivity contribution in [2.24, 2.45) is 0 Å². The van der Waals surface area contributed by atoms with E-state index >= 15 is 0 Å². The van der Waals surface area contributed by atoms with Crippen molar-refractivity contribution in [3.8, 4) is 16.9 Å². The summed E-state index contributed by atoms with van der Waals surface area (Å²) in [5.74, 6) is -0.180. The highest BCUT2D eigenvalue weighted by Crippen LogP contribution is 2.17. The third-order valence-electron chi connectivity index (χ3n) is 4.14. The minimum atomic E-state index is -0.180. The van der Waals surface area contributed by atoms with Gasteiger partial charge in [-0.3, -0.25) is 9.89 Å². The Hall–Kier alpha value is -3.38. The number of nitrogens with zero attached hydrogens (tertiary/aromatic N) is 3. The lowest BCUT2D eigenvalue weighted by Crippen LogP contribution is -2.22. The number of carbonyl (C=O) groups excluding carboxylic acids is 1. The molecule has 0 atom stereocenters. The summed E-state index contributed by atoms with van der Waals surface area (Å²) in [6.07, 6.45) is 4.94. The topological polar surface area (TPSA) is 75.6 Å². The van der Waals surface area contributed by atoms with Gasteiger partial charge in [0, 0.05) is 24.0 Å². The number of aromatic amines is 1. The molecule has 4 rings (SSSR count). The molecule has 2 heterocycles. The molecule has 0 saturated carbocycles. The van der Waals surface area contributed by atoms with Crippen LogP contribution in [0.15, 0.2) is 73.2 Å². The number of H-pyrrole nitrogens is 1. The van der Waals surface area contributed by atoms with Gasteiger partial charge in [0.25, 0.3) is 5.91 Å². The Morgan fingerprint density at radius 1 is 1.15 bits per heavy atom. The van der Waals surface area contributed by atoms with Crippen molar-refractivity contribution in [1.29, 1.82) is 0 Å². The molecule has 2 N–H and O–H groups in total. The van der Waals surface area contributed by atoms with Gasteiger partial charge in [-0.2, -0.15) is 10.2 Å². The number of amides is 1. The predicted octanol–water partition coefficient (Wildman–Crippen LogP) is 3.85. The maximum absolute atomic E-state index is 12.4. The molecule has 0 fully saturated rings. The molecule has 0 saturated heterocycles. The van der Waals surface area contributed by atoms with E-state index in [-0.39, 0.29) is 5.91 Å². The van der Waals surface area contributed by atoms with Gasteiger partial charge in [0.2, 0.25) is 0 Å². The van der Waals surface area contributed by atoms with Crippen molar-refractivity contribution in [2.45, 2.75) is 6.54 Å². The summed E-state index contributed by atoms with van der Waals surface area (Å²) in [5, 5.41) is 14.6. The molecule has 0 aliphatic heterocycles. The normalized spacial score (nSPS) is 10.7. The Bertz CT molecular complexity index is 1050. The van der Waals surface area contributed by atoms with E-state index in [9.17, 15) is 4.79 Å². The fourth-order valence-electron chi connectivity index (χ4n) is 2.70. The molecule has 0 unspecified atom stereocenters. The molecule has 7 heteroatoms. The van der Waals surface area contributed by atoms with Crippen LogP contribution in [0.1, 0.15) is 15.9 Å². The van der Waals surface area contributed by atoms with Crippen molar-refractivity contribution in [2.75, 3.05) is 0 Å². The Kier molecular flexibility index (Phi) is 4.72. The van der Waals surface area contributed by atoms with E-state index in [1.54, 1.807) is 29.2 Å². The van der Waals surface area contributed by atoms with Crippen LogP contribution in [0, 0.1) is 0 Å². The first kappa shape index (κ1) is 17.1. The quantitative estimate of drug-likeness (QED) is 0.554. The molecule has 0 radical (unpaired) electrons. The van der Waals surface area contributed by atoms with Gasteiger partial charge in [-0.1, -0.05) is 41.9 Å². The molecule has 0 bridgehead atoms. The molecule has 27 heavy (non-hydrogen) atoms. The number of nitrogens with one attached hydrogen (secondary N) is 2. The third-order valence-corrected chi connectivity index (χ3v) is 4.37. The predicted molar refractivity (Wildman–Crippen MR) is 104 cm³/mol. The number of hydrogen-bond donors (Lipinski definition) is 2. The van der Waals surface area contributed by atoms with E-state index in [1.807, 2.05) is 42.5 Å². The standard InChI is InChI=1S/C20H16ClN5O/c21-17-2-1-3-18(10-17)26-13-16(12-24-26)20(27)22-11-14-4-6-15(7-5-14)19-8-9-23-25-19/h1-10,12-13H,11H2,(H,22,27)(H,23,25). The molecule has 134 valence electrons. The molecule has 4 aromatic rings. The minimum absolute atomic E-state index is 0.180. The maximum atomic E-state index is 12.4. The summed E-state index contributed by atoms with van der Waals surface area (Å²) in [6.45, 7) is 0.435. The zero-order chi connectivity index (χ0) is 18.6. The highest BCUT2D eigenvalue weighted by atomic mass is 35.5. The van der Waals surface area contributed by atoms with E-state index in [2.05, 4.69) is 20.6 Å². The fraction of sp³-hybridized carbons (Fsp3) is 0.0500. The lowest BCUT2D eigenvalue weighted by molar-refractivity contribution is 0.0951. The van der Waals surface area contributed by atoms with Crippen LogP contribution in [0.3, 0.4) is 0 Å². The SMILES string of the molecule is O=C(NCc1ccc(-c2ccn[nH]2)cc1)c1cnn(-c2cccc(Cl)c2)c1. The lowest BCUT2D eigenvalue weighted by atomic mass is 10.1. The number of carbonyl (C=O) groups is 1. The Balaban J connectivity index is 1.40. The Labute approximate surface area is 160 Å². The number of aromatic nitrogens is 4. The van der Waals surface area contributed by atoms with Gasteiger partial charge < -0.3 is 5.32 Å². The van der Waals surface area contributed by atoms with Gasteiger partial charge in [0.15, 0.2) is 0 Å². The maximum Gasteiger partial charge on any atom is 0.254 e. The second-order valence-electron chi connectivity index (χ2n) is 6.00. The highest BCUT2D eigenvalue weighted by molar-refractivity contribution is 6.30. The van der Waals surface area contributed by atoms with Crippen molar-refractivity contribution in [3.05, 3.63) is 89.3 Å². The monoisotopic (exact) mass is 377 g/mol. The molecule has 1 amide bonds. The highest BCUT2D eigenvalue weighted by Gasteiger charge is 2.09. The van der Waals surface area contributed by atoms with Crippen molar-refractivity contribution in [3.63, 3.8) is 0 Å². The van der Waals surface area contributed by atoms with E-state index in [4.69, 9.17) is 11.6 Å². The molecule has 0 aliphatic carbocycles. The number of halogens is 1. The van der Waals surface area contributed by atoms with Crippen LogP contribution in [0.4, 0.5) is 0 Å². The van der Waals surface area contributed by atoms with E-state index < -0.39 is 0 Å². The van der Waals surface area contributed by atoms with Gasteiger partial charge in [-0.15, -0.1) is 0 Å².